The molecule has 25 heavy (non-hydrogen) atoms. The van der Waals surface area contributed by atoms with Crippen molar-refractivity contribution in [2.45, 2.75) is 6.92 Å². The highest BCUT2D eigenvalue weighted by Gasteiger charge is 2.15. The van der Waals surface area contributed by atoms with Gasteiger partial charge >= 0.3 is 0 Å². The summed E-state index contributed by atoms with van der Waals surface area (Å²) in [7, 11) is 0. The predicted molar refractivity (Wildman–Crippen MR) is 98.4 cm³/mol. The van der Waals surface area contributed by atoms with Crippen LogP contribution in [0, 0.1) is 6.92 Å². The summed E-state index contributed by atoms with van der Waals surface area (Å²) < 4.78 is 11.5. The number of aromatic nitrogens is 1. The minimum Gasteiger partial charge on any atom is -0.494 e. The second-order valence-corrected chi connectivity index (χ2v) is 6.75. The van der Waals surface area contributed by atoms with Crippen molar-refractivity contribution < 1.29 is 14.3 Å². The number of amides is 1. The van der Waals surface area contributed by atoms with Crippen LogP contribution in [-0.4, -0.2) is 24.1 Å². The van der Waals surface area contributed by atoms with Gasteiger partial charge in [-0.2, -0.15) is 0 Å². The van der Waals surface area contributed by atoms with Gasteiger partial charge in [-0.25, -0.2) is 4.98 Å². The van der Waals surface area contributed by atoms with E-state index in [1.54, 1.807) is 11.3 Å². The smallest absolute Gasteiger partial charge is 0.294 e. The Morgan fingerprint density at radius 1 is 1.16 bits per heavy atom. The highest BCUT2D eigenvalue weighted by molar-refractivity contribution is 7.21. The molecule has 0 fully saturated rings. The number of hydrogen-bond acceptors (Lipinski definition) is 5. The molecule has 1 aliphatic rings. The molecular weight excluding hydrogens is 336 g/mol. The first-order chi connectivity index (χ1) is 12.2. The maximum Gasteiger partial charge on any atom is 0.294 e. The molecule has 2 aromatic carbocycles. The predicted octanol–water partition coefficient (Wildman–Crippen LogP) is 4.10. The van der Waals surface area contributed by atoms with Crippen LogP contribution >= 0.6 is 11.3 Å². The first-order valence-electron chi connectivity index (χ1n) is 7.92. The number of fused-ring (bicyclic) bond motifs is 1. The van der Waals surface area contributed by atoms with Crippen LogP contribution in [-0.2, 0) is 14.3 Å². The van der Waals surface area contributed by atoms with E-state index in [9.17, 15) is 4.79 Å². The minimum absolute atomic E-state index is 0.192. The molecule has 1 amide bonds. The largest absolute Gasteiger partial charge is 0.494 e. The molecule has 1 aliphatic heterocycles. The van der Waals surface area contributed by atoms with E-state index in [-0.39, 0.29) is 11.7 Å². The zero-order valence-electron chi connectivity index (χ0n) is 13.6. The fourth-order valence-corrected chi connectivity index (χ4v) is 3.60. The van der Waals surface area contributed by atoms with E-state index in [1.165, 1.54) is 16.5 Å². The Balaban J connectivity index is 1.52. The number of hydrogen-bond donors (Lipinski definition) is 1. The summed E-state index contributed by atoms with van der Waals surface area (Å²) in [6.07, 6.45) is 1.34. The normalized spacial score (nSPS) is 13.7. The van der Waals surface area contributed by atoms with Crippen LogP contribution in [0.5, 0.6) is 0 Å². The first-order valence-corrected chi connectivity index (χ1v) is 8.74. The van der Waals surface area contributed by atoms with Crippen molar-refractivity contribution in [2.24, 2.45) is 0 Å². The number of rotatable bonds is 3. The molecule has 0 atom stereocenters. The summed E-state index contributed by atoms with van der Waals surface area (Å²) >= 11 is 1.66. The van der Waals surface area contributed by atoms with Gasteiger partial charge in [0, 0.05) is 11.3 Å². The SMILES string of the molecule is Cc1ccc2nc(-c3ccc(NC(=O)C4=COCCO4)cc3)sc2c1. The molecule has 2 heterocycles. The van der Waals surface area contributed by atoms with Gasteiger partial charge in [0.1, 0.15) is 24.5 Å². The molecule has 1 N–H and O–H groups in total. The lowest BCUT2D eigenvalue weighted by Gasteiger charge is -2.15. The van der Waals surface area contributed by atoms with Gasteiger partial charge in [0.25, 0.3) is 5.91 Å². The molecule has 0 radical (unpaired) electrons. The molecule has 6 heteroatoms. The van der Waals surface area contributed by atoms with Gasteiger partial charge in [-0.1, -0.05) is 6.07 Å². The third-order valence-electron chi connectivity index (χ3n) is 3.81. The molecular formula is C19H16N2O3S. The molecule has 0 spiro atoms. The van der Waals surface area contributed by atoms with Crippen LogP contribution in [0.3, 0.4) is 0 Å². The molecule has 126 valence electrons. The van der Waals surface area contributed by atoms with Crippen molar-refractivity contribution in [3.8, 4) is 10.6 Å². The Bertz CT molecular complexity index is 960. The van der Waals surface area contributed by atoms with Gasteiger partial charge in [0.05, 0.1) is 10.2 Å². The Labute approximate surface area is 148 Å². The molecule has 0 unspecified atom stereocenters. The highest BCUT2D eigenvalue weighted by Crippen LogP contribution is 2.31. The van der Waals surface area contributed by atoms with E-state index in [2.05, 4.69) is 29.4 Å². The van der Waals surface area contributed by atoms with E-state index in [0.29, 0.717) is 18.9 Å². The summed E-state index contributed by atoms with van der Waals surface area (Å²) in [6, 6.07) is 13.9. The standard InChI is InChI=1S/C19H16N2O3S/c1-12-2-7-15-17(10-12)25-19(21-15)13-3-5-14(6-4-13)20-18(22)16-11-23-8-9-24-16/h2-7,10-11H,8-9H2,1H3,(H,20,22). The summed E-state index contributed by atoms with van der Waals surface area (Å²) in [5.74, 6) is -0.125. The highest BCUT2D eigenvalue weighted by atomic mass is 32.1. The van der Waals surface area contributed by atoms with E-state index < -0.39 is 0 Å². The topological polar surface area (TPSA) is 60.5 Å². The molecule has 0 saturated heterocycles. The summed E-state index contributed by atoms with van der Waals surface area (Å²) in [6.45, 7) is 2.93. The third-order valence-corrected chi connectivity index (χ3v) is 4.87. The van der Waals surface area contributed by atoms with Crippen molar-refractivity contribution in [2.75, 3.05) is 18.5 Å². The average Bonchev–Trinajstić information content (AvgIpc) is 3.06. The zero-order chi connectivity index (χ0) is 17.2. The van der Waals surface area contributed by atoms with E-state index in [4.69, 9.17) is 9.47 Å². The minimum atomic E-state index is -0.317. The number of thiazole rings is 1. The summed E-state index contributed by atoms with van der Waals surface area (Å²) in [5.41, 5.74) is 3.95. The molecule has 4 rings (SSSR count). The zero-order valence-corrected chi connectivity index (χ0v) is 14.4. The first kappa shape index (κ1) is 15.7. The van der Waals surface area contributed by atoms with Gasteiger partial charge < -0.3 is 14.8 Å². The summed E-state index contributed by atoms with van der Waals surface area (Å²) in [5, 5.41) is 3.76. The number of carbonyl (C=O) groups is 1. The molecule has 1 aromatic heterocycles. The van der Waals surface area contributed by atoms with Crippen LogP contribution in [0.4, 0.5) is 5.69 Å². The van der Waals surface area contributed by atoms with Gasteiger partial charge in [0.2, 0.25) is 5.76 Å². The Morgan fingerprint density at radius 2 is 2.00 bits per heavy atom. The maximum absolute atomic E-state index is 12.1. The lowest BCUT2D eigenvalue weighted by Crippen LogP contribution is -2.21. The van der Waals surface area contributed by atoms with Crippen molar-refractivity contribution in [3.05, 3.63) is 60.0 Å². The number of ether oxygens (including phenoxy) is 2. The van der Waals surface area contributed by atoms with Gasteiger partial charge in [-0.05, 0) is 48.9 Å². The number of aryl methyl sites for hydroxylation is 1. The fourth-order valence-electron chi connectivity index (χ4n) is 2.53. The number of nitrogens with zero attached hydrogens (tertiary/aromatic N) is 1. The van der Waals surface area contributed by atoms with Crippen LogP contribution in [0.1, 0.15) is 5.56 Å². The fraction of sp³-hybridized carbons (Fsp3) is 0.158. The Hall–Kier alpha value is -2.86. The van der Waals surface area contributed by atoms with E-state index >= 15 is 0 Å². The van der Waals surface area contributed by atoms with Crippen molar-refractivity contribution in [1.82, 2.24) is 4.98 Å². The number of carbonyl (C=O) groups excluding carboxylic acids is 1. The lowest BCUT2D eigenvalue weighted by molar-refractivity contribution is -0.117. The average molecular weight is 352 g/mol. The number of benzene rings is 2. The van der Waals surface area contributed by atoms with Crippen LogP contribution in [0.15, 0.2) is 54.5 Å². The van der Waals surface area contributed by atoms with Crippen molar-refractivity contribution >= 4 is 33.1 Å². The lowest BCUT2D eigenvalue weighted by atomic mass is 10.2. The quantitative estimate of drug-likeness (QED) is 0.771. The molecule has 0 aliphatic carbocycles. The second-order valence-electron chi connectivity index (χ2n) is 5.72. The van der Waals surface area contributed by atoms with E-state index in [0.717, 1.165) is 16.1 Å². The van der Waals surface area contributed by atoms with Gasteiger partial charge in [-0.15, -0.1) is 11.3 Å². The number of nitrogens with one attached hydrogen (secondary N) is 1. The monoisotopic (exact) mass is 352 g/mol. The maximum atomic E-state index is 12.1. The van der Waals surface area contributed by atoms with Crippen LogP contribution in [0.2, 0.25) is 0 Å². The van der Waals surface area contributed by atoms with Crippen molar-refractivity contribution in [3.63, 3.8) is 0 Å². The van der Waals surface area contributed by atoms with E-state index in [1.807, 2.05) is 30.3 Å². The number of anilines is 1. The molecule has 0 bridgehead atoms. The molecule has 3 aromatic rings. The second kappa shape index (κ2) is 6.57. The summed E-state index contributed by atoms with van der Waals surface area (Å²) in [4.78, 5) is 16.8. The Morgan fingerprint density at radius 3 is 2.76 bits per heavy atom. The van der Waals surface area contributed by atoms with Gasteiger partial charge in [-0.3, -0.25) is 4.79 Å². The van der Waals surface area contributed by atoms with Crippen LogP contribution in [0.25, 0.3) is 20.8 Å². The van der Waals surface area contributed by atoms with Crippen LogP contribution < -0.4 is 5.32 Å². The van der Waals surface area contributed by atoms with Gasteiger partial charge in [0.15, 0.2) is 0 Å². The Kier molecular flexibility index (Phi) is 4.11. The third kappa shape index (κ3) is 3.34. The van der Waals surface area contributed by atoms with Crippen molar-refractivity contribution in [1.29, 1.82) is 0 Å². The molecule has 0 saturated carbocycles. The molecule has 5 nitrogen and oxygen atoms in total.